The van der Waals surface area contributed by atoms with Gasteiger partial charge in [-0.25, -0.2) is 4.98 Å². The van der Waals surface area contributed by atoms with Crippen LogP contribution in [0.2, 0.25) is 0 Å². The van der Waals surface area contributed by atoms with Gasteiger partial charge in [-0.15, -0.1) is 0 Å². The second-order valence-electron chi connectivity index (χ2n) is 5.06. The summed E-state index contributed by atoms with van der Waals surface area (Å²) in [4.78, 5) is 6.76. The van der Waals surface area contributed by atoms with Crippen LogP contribution in [0.3, 0.4) is 0 Å². The molecule has 3 rings (SSSR count). The van der Waals surface area contributed by atoms with Gasteiger partial charge in [-0.05, 0) is 24.1 Å². The maximum atomic E-state index is 6.05. The Morgan fingerprint density at radius 2 is 2.05 bits per heavy atom. The number of hydrogen-bond donors (Lipinski definition) is 1. The van der Waals surface area contributed by atoms with Crippen LogP contribution in [0.5, 0.6) is 0 Å². The number of fused-ring (bicyclic) bond motifs is 1. The Morgan fingerprint density at radius 1 is 1.26 bits per heavy atom. The summed E-state index contributed by atoms with van der Waals surface area (Å²) >= 11 is 0. The molecule has 2 aromatic rings. The van der Waals surface area contributed by atoms with Crippen molar-refractivity contribution in [3.8, 4) is 0 Å². The third-order valence-electron chi connectivity index (χ3n) is 3.87. The monoisotopic (exact) mass is 256 g/mol. The highest BCUT2D eigenvalue weighted by Crippen LogP contribution is 2.23. The summed E-state index contributed by atoms with van der Waals surface area (Å²) in [6, 6.07) is 8.77. The van der Waals surface area contributed by atoms with E-state index in [9.17, 15) is 0 Å². The van der Waals surface area contributed by atoms with E-state index in [-0.39, 0.29) is 6.04 Å². The van der Waals surface area contributed by atoms with Gasteiger partial charge in [0.2, 0.25) is 0 Å². The zero-order valence-electron chi connectivity index (χ0n) is 11.3. The molecule has 1 aromatic carbocycles. The summed E-state index contributed by atoms with van der Waals surface area (Å²) in [7, 11) is 0. The molecule has 1 aliphatic rings. The molecule has 0 saturated carbocycles. The Morgan fingerprint density at radius 3 is 2.79 bits per heavy atom. The lowest BCUT2D eigenvalue weighted by molar-refractivity contribution is 0.560. The average Bonchev–Trinajstić information content (AvgIpc) is 2.94. The first kappa shape index (κ1) is 12.2. The van der Waals surface area contributed by atoms with E-state index in [0.717, 1.165) is 31.9 Å². The number of nitrogens with zero attached hydrogens (tertiary/aromatic N) is 3. The fraction of sp³-hybridized carbons (Fsp3) is 0.400. The van der Waals surface area contributed by atoms with E-state index in [2.05, 4.69) is 51.8 Å². The molecule has 0 bridgehead atoms. The van der Waals surface area contributed by atoms with Gasteiger partial charge in [0.15, 0.2) is 0 Å². The molecule has 2 N–H and O–H groups in total. The first-order chi connectivity index (χ1) is 9.28. The minimum atomic E-state index is 0.148. The molecular formula is C15H20N4. The van der Waals surface area contributed by atoms with E-state index in [1.54, 1.807) is 0 Å². The largest absolute Gasteiger partial charge is 0.362 e. The summed E-state index contributed by atoms with van der Waals surface area (Å²) in [5.41, 5.74) is 8.51. The van der Waals surface area contributed by atoms with Crippen molar-refractivity contribution in [1.82, 2.24) is 9.55 Å². The van der Waals surface area contributed by atoms with Crippen molar-refractivity contribution in [2.24, 2.45) is 5.73 Å². The highest BCUT2D eigenvalue weighted by Gasteiger charge is 2.16. The third-order valence-corrected chi connectivity index (χ3v) is 3.87. The van der Waals surface area contributed by atoms with Crippen LogP contribution in [0.4, 0.5) is 5.69 Å². The lowest BCUT2D eigenvalue weighted by Crippen LogP contribution is -2.33. The maximum absolute atomic E-state index is 6.05. The molecule has 0 radical (unpaired) electrons. The van der Waals surface area contributed by atoms with Crippen molar-refractivity contribution in [2.75, 3.05) is 11.4 Å². The van der Waals surface area contributed by atoms with Crippen LogP contribution in [0, 0.1) is 0 Å². The molecule has 0 aliphatic carbocycles. The molecule has 1 aromatic heterocycles. The Balaban J connectivity index is 1.77. The number of nitrogens with two attached hydrogens (primary N) is 1. The Bertz CT molecular complexity index is 544. The van der Waals surface area contributed by atoms with Crippen molar-refractivity contribution in [1.29, 1.82) is 0 Å². The highest BCUT2D eigenvalue weighted by atomic mass is 15.2. The average molecular weight is 256 g/mol. The molecule has 0 fully saturated rings. The SMILES string of the molecule is CCC(N)c1ccc(N2CCn3ccnc3C2)cc1. The summed E-state index contributed by atoms with van der Waals surface area (Å²) in [6.45, 7) is 5.03. The van der Waals surface area contributed by atoms with Crippen LogP contribution in [0.15, 0.2) is 36.7 Å². The first-order valence-corrected chi connectivity index (χ1v) is 6.88. The molecule has 1 unspecified atom stereocenters. The van der Waals surface area contributed by atoms with Gasteiger partial charge in [0.25, 0.3) is 0 Å². The summed E-state index contributed by atoms with van der Waals surface area (Å²) < 4.78 is 2.22. The van der Waals surface area contributed by atoms with Crippen molar-refractivity contribution in [2.45, 2.75) is 32.5 Å². The number of imidazole rings is 1. The van der Waals surface area contributed by atoms with Crippen LogP contribution in [0.1, 0.15) is 30.8 Å². The van der Waals surface area contributed by atoms with E-state index in [1.165, 1.54) is 11.3 Å². The molecule has 0 amide bonds. The summed E-state index contributed by atoms with van der Waals surface area (Å²) in [5.74, 6) is 1.14. The van der Waals surface area contributed by atoms with E-state index >= 15 is 0 Å². The minimum absolute atomic E-state index is 0.148. The predicted octanol–water partition coefficient (Wildman–Crippen LogP) is 2.31. The lowest BCUT2D eigenvalue weighted by Gasteiger charge is -2.29. The molecule has 4 heteroatoms. The Labute approximate surface area is 113 Å². The normalized spacial score (nSPS) is 16.2. The van der Waals surface area contributed by atoms with Crippen LogP contribution in [0.25, 0.3) is 0 Å². The lowest BCUT2D eigenvalue weighted by atomic mass is 10.0. The van der Waals surface area contributed by atoms with E-state index in [4.69, 9.17) is 5.73 Å². The van der Waals surface area contributed by atoms with Crippen molar-refractivity contribution < 1.29 is 0 Å². The van der Waals surface area contributed by atoms with Crippen molar-refractivity contribution in [3.05, 3.63) is 48.0 Å². The number of rotatable bonds is 3. The smallest absolute Gasteiger partial charge is 0.128 e. The zero-order valence-corrected chi connectivity index (χ0v) is 11.3. The van der Waals surface area contributed by atoms with E-state index < -0.39 is 0 Å². The van der Waals surface area contributed by atoms with Gasteiger partial charge in [0.05, 0.1) is 6.54 Å². The fourth-order valence-corrected chi connectivity index (χ4v) is 2.56. The molecule has 100 valence electrons. The molecule has 1 aliphatic heterocycles. The third kappa shape index (κ3) is 2.36. The van der Waals surface area contributed by atoms with E-state index in [0.29, 0.717) is 0 Å². The van der Waals surface area contributed by atoms with Crippen LogP contribution < -0.4 is 10.6 Å². The van der Waals surface area contributed by atoms with Crippen LogP contribution in [-0.2, 0) is 13.1 Å². The summed E-state index contributed by atoms with van der Waals surface area (Å²) in [6.07, 6.45) is 4.90. The number of anilines is 1. The number of hydrogen-bond acceptors (Lipinski definition) is 3. The van der Waals surface area contributed by atoms with Gasteiger partial charge in [0, 0.05) is 37.2 Å². The number of aromatic nitrogens is 2. The highest BCUT2D eigenvalue weighted by molar-refractivity contribution is 5.48. The Hall–Kier alpha value is -1.81. The Kier molecular flexibility index (Phi) is 3.25. The summed E-state index contributed by atoms with van der Waals surface area (Å²) in [5, 5.41) is 0. The second-order valence-corrected chi connectivity index (χ2v) is 5.06. The minimum Gasteiger partial charge on any atom is -0.362 e. The zero-order chi connectivity index (χ0) is 13.2. The first-order valence-electron chi connectivity index (χ1n) is 6.88. The fourth-order valence-electron chi connectivity index (χ4n) is 2.56. The van der Waals surface area contributed by atoms with E-state index in [1.807, 2.05) is 6.20 Å². The van der Waals surface area contributed by atoms with Crippen molar-refractivity contribution in [3.63, 3.8) is 0 Å². The van der Waals surface area contributed by atoms with Gasteiger partial charge >= 0.3 is 0 Å². The van der Waals surface area contributed by atoms with Crippen LogP contribution >= 0.6 is 0 Å². The topological polar surface area (TPSA) is 47.1 Å². The molecule has 2 heterocycles. The quantitative estimate of drug-likeness (QED) is 0.916. The maximum Gasteiger partial charge on any atom is 0.128 e. The van der Waals surface area contributed by atoms with Crippen LogP contribution in [-0.4, -0.2) is 16.1 Å². The van der Waals surface area contributed by atoms with Gasteiger partial charge in [-0.3, -0.25) is 0 Å². The standard InChI is InChI=1S/C15H20N4/c1-2-14(16)12-3-5-13(6-4-12)19-10-9-18-8-7-17-15(18)11-19/h3-8,14H,2,9-11,16H2,1H3. The van der Waals surface area contributed by atoms with Gasteiger partial charge in [0.1, 0.15) is 5.82 Å². The van der Waals surface area contributed by atoms with Gasteiger partial charge < -0.3 is 15.2 Å². The molecule has 19 heavy (non-hydrogen) atoms. The molecule has 4 nitrogen and oxygen atoms in total. The molecule has 1 atom stereocenters. The predicted molar refractivity (Wildman–Crippen MR) is 76.9 cm³/mol. The molecule has 0 spiro atoms. The second kappa shape index (κ2) is 5.05. The molecular weight excluding hydrogens is 236 g/mol. The van der Waals surface area contributed by atoms with Crippen molar-refractivity contribution >= 4 is 5.69 Å². The molecule has 0 saturated heterocycles. The van der Waals surface area contributed by atoms with Gasteiger partial charge in [-0.1, -0.05) is 19.1 Å². The van der Waals surface area contributed by atoms with Gasteiger partial charge in [-0.2, -0.15) is 0 Å². The number of benzene rings is 1.